The molecule has 0 aliphatic heterocycles. The lowest BCUT2D eigenvalue weighted by Gasteiger charge is -2.18. The van der Waals surface area contributed by atoms with Crippen LogP contribution in [0.2, 0.25) is 0 Å². The number of carbonyl (C=O) groups is 3. The van der Waals surface area contributed by atoms with Crippen LogP contribution in [0.15, 0.2) is 85.1 Å². The number of hydrogen-bond acceptors (Lipinski definition) is 6. The van der Waals surface area contributed by atoms with Crippen molar-refractivity contribution in [3.63, 3.8) is 0 Å². The zero-order chi connectivity index (χ0) is 51.4. The monoisotopic (exact) mass is 989 g/mol. The highest BCUT2D eigenvalue weighted by Crippen LogP contribution is 2.15. The van der Waals surface area contributed by atoms with Gasteiger partial charge >= 0.3 is 17.9 Å². The third-order valence-corrected chi connectivity index (χ3v) is 12.9. The maximum atomic E-state index is 12.9. The molecule has 0 rings (SSSR count). The molecule has 0 radical (unpaired) electrons. The molecule has 0 N–H and O–H groups in total. The fourth-order valence-electron chi connectivity index (χ4n) is 8.34. The molecule has 0 fully saturated rings. The lowest BCUT2D eigenvalue weighted by atomic mass is 10.1. The Morgan fingerprint density at radius 2 is 0.549 bits per heavy atom. The average Bonchev–Trinajstić information content (AvgIpc) is 3.37. The van der Waals surface area contributed by atoms with Crippen LogP contribution in [-0.2, 0) is 28.6 Å². The molecule has 0 bridgehead atoms. The van der Waals surface area contributed by atoms with Crippen molar-refractivity contribution in [2.75, 3.05) is 13.2 Å². The fraction of sp³-hybridized carbons (Fsp3) is 0.738. The van der Waals surface area contributed by atoms with Gasteiger partial charge in [0.25, 0.3) is 0 Å². The Kier molecular flexibility index (Phi) is 56.3. The summed E-state index contributed by atoms with van der Waals surface area (Å²) in [5.41, 5.74) is 0. The first-order valence-corrected chi connectivity index (χ1v) is 30.1. The van der Waals surface area contributed by atoms with Gasteiger partial charge < -0.3 is 14.2 Å². The van der Waals surface area contributed by atoms with Gasteiger partial charge in [0.05, 0.1) is 0 Å². The quantitative estimate of drug-likeness (QED) is 0.0261. The minimum Gasteiger partial charge on any atom is -0.462 e. The van der Waals surface area contributed by atoms with Crippen LogP contribution < -0.4 is 0 Å². The third kappa shape index (κ3) is 57.4. The summed E-state index contributed by atoms with van der Waals surface area (Å²) in [7, 11) is 0. The third-order valence-electron chi connectivity index (χ3n) is 12.9. The largest absolute Gasteiger partial charge is 0.462 e. The Bertz CT molecular complexity index is 1370. The lowest BCUT2D eigenvalue weighted by molar-refractivity contribution is -0.167. The summed E-state index contributed by atoms with van der Waals surface area (Å²) in [5.74, 6) is -0.924. The average molecular weight is 990 g/mol. The van der Waals surface area contributed by atoms with Gasteiger partial charge in [-0.05, 0) is 116 Å². The fourth-order valence-corrected chi connectivity index (χ4v) is 8.34. The Morgan fingerprint density at radius 3 is 0.887 bits per heavy atom. The van der Waals surface area contributed by atoms with Crippen LogP contribution in [0.5, 0.6) is 0 Å². The standard InChI is InChI=1S/C65H112O6/c1-4-7-10-13-16-19-22-25-28-31-32-35-37-40-43-46-49-52-55-58-64(67)70-61-62(71-65(68)59-56-53-50-47-44-41-38-34-30-27-24-21-18-15-12-9-6-3)60-69-63(66)57-54-51-48-45-42-39-36-33-29-26-23-20-17-14-11-8-5-2/h7,10,16,19,25-30,32,35,40,43,62H,4-6,8-9,11-15,17-18,20-24,31,33-34,36-39,41-42,44-61H2,1-3H3/b10-7-,19-16-,28-25-,29-26-,30-27-,35-32-,43-40-. The molecule has 0 saturated heterocycles. The van der Waals surface area contributed by atoms with E-state index in [4.69, 9.17) is 14.2 Å². The van der Waals surface area contributed by atoms with Crippen molar-refractivity contribution in [1.82, 2.24) is 0 Å². The molecule has 0 saturated carbocycles. The molecule has 0 aliphatic rings. The normalized spacial score (nSPS) is 12.7. The Hall–Kier alpha value is -3.41. The predicted octanol–water partition coefficient (Wildman–Crippen LogP) is 20.3. The molecule has 0 aromatic heterocycles. The molecule has 0 heterocycles. The van der Waals surface area contributed by atoms with E-state index < -0.39 is 6.10 Å². The molecule has 6 nitrogen and oxygen atoms in total. The van der Waals surface area contributed by atoms with Crippen LogP contribution in [0.1, 0.15) is 290 Å². The molecule has 0 aromatic rings. The SMILES string of the molecule is CC/C=C\C/C=C\C/C=C\C/C=C\C/C=C\CCCCCC(=O)OCC(COC(=O)CCCCCCCCC/C=C\CCCCCCCC)OC(=O)CCCCCCCCC/C=C\CCCCCCCC. The number of unbranched alkanes of at least 4 members (excludes halogenated alkanes) is 29. The number of allylic oxidation sites excluding steroid dienone is 14. The van der Waals surface area contributed by atoms with Crippen LogP contribution >= 0.6 is 0 Å². The number of rotatable bonds is 54. The summed E-state index contributed by atoms with van der Waals surface area (Å²) in [6, 6.07) is 0. The maximum Gasteiger partial charge on any atom is 0.306 e. The van der Waals surface area contributed by atoms with Crippen LogP contribution in [0, 0.1) is 0 Å². The predicted molar refractivity (Wildman–Crippen MR) is 307 cm³/mol. The van der Waals surface area contributed by atoms with Crippen molar-refractivity contribution < 1.29 is 28.6 Å². The van der Waals surface area contributed by atoms with E-state index in [1.807, 2.05) is 0 Å². The van der Waals surface area contributed by atoms with E-state index in [-0.39, 0.29) is 31.1 Å². The molecule has 1 unspecified atom stereocenters. The van der Waals surface area contributed by atoms with Gasteiger partial charge in [0.15, 0.2) is 6.10 Å². The molecule has 0 aliphatic carbocycles. The maximum absolute atomic E-state index is 12.9. The lowest BCUT2D eigenvalue weighted by Crippen LogP contribution is -2.30. The summed E-state index contributed by atoms with van der Waals surface area (Å²) < 4.78 is 16.9. The van der Waals surface area contributed by atoms with Gasteiger partial charge in [0.1, 0.15) is 13.2 Å². The van der Waals surface area contributed by atoms with Gasteiger partial charge in [-0.2, -0.15) is 0 Å². The van der Waals surface area contributed by atoms with E-state index in [2.05, 4.69) is 106 Å². The summed E-state index contributed by atoms with van der Waals surface area (Å²) in [5, 5.41) is 0. The topological polar surface area (TPSA) is 78.9 Å². The second-order valence-electron chi connectivity index (χ2n) is 19.9. The zero-order valence-electron chi connectivity index (χ0n) is 46.7. The van der Waals surface area contributed by atoms with Gasteiger partial charge in [-0.25, -0.2) is 0 Å². The first kappa shape index (κ1) is 67.6. The van der Waals surface area contributed by atoms with Gasteiger partial charge in [-0.15, -0.1) is 0 Å². The highest BCUT2D eigenvalue weighted by molar-refractivity contribution is 5.71. The van der Waals surface area contributed by atoms with Crippen molar-refractivity contribution in [2.45, 2.75) is 297 Å². The number of ether oxygens (including phenoxy) is 3. The molecular weight excluding hydrogens is 877 g/mol. The number of hydrogen-bond donors (Lipinski definition) is 0. The summed E-state index contributed by atoms with van der Waals surface area (Å²) in [6.45, 7) is 6.50. The van der Waals surface area contributed by atoms with Crippen molar-refractivity contribution in [2.24, 2.45) is 0 Å². The van der Waals surface area contributed by atoms with Gasteiger partial charge in [0.2, 0.25) is 0 Å². The van der Waals surface area contributed by atoms with Crippen LogP contribution in [-0.4, -0.2) is 37.2 Å². The zero-order valence-corrected chi connectivity index (χ0v) is 46.7. The molecular formula is C65H112O6. The Morgan fingerprint density at radius 1 is 0.296 bits per heavy atom. The Labute approximate surface area is 439 Å². The van der Waals surface area contributed by atoms with E-state index >= 15 is 0 Å². The molecule has 71 heavy (non-hydrogen) atoms. The van der Waals surface area contributed by atoms with Crippen LogP contribution in [0.3, 0.4) is 0 Å². The van der Waals surface area contributed by atoms with Crippen LogP contribution in [0.25, 0.3) is 0 Å². The summed E-state index contributed by atoms with van der Waals surface area (Å²) in [4.78, 5) is 38.2. The summed E-state index contributed by atoms with van der Waals surface area (Å²) in [6.07, 6.45) is 77.1. The minimum atomic E-state index is -0.795. The number of esters is 3. The first-order chi connectivity index (χ1) is 35.0. The molecule has 0 spiro atoms. The van der Waals surface area contributed by atoms with E-state index in [9.17, 15) is 14.4 Å². The van der Waals surface area contributed by atoms with Gasteiger partial charge in [-0.3, -0.25) is 14.4 Å². The van der Waals surface area contributed by atoms with E-state index in [1.165, 1.54) is 154 Å². The molecule has 0 amide bonds. The van der Waals surface area contributed by atoms with E-state index in [1.54, 1.807) is 0 Å². The van der Waals surface area contributed by atoms with Crippen molar-refractivity contribution in [3.8, 4) is 0 Å². The molecule has 0 aromatic carbocycles. The van der Waals surface area contributed by atoms with E-state index in [0.717, 1.165) is 96.3 Å². The van der Waals surface area contributed by atoms with Gasteiger partial charge in [-0.1, -0.05) is 241 Å². The highest BCUT2D eigenvalue weighted by atomic mass is 16.6. The highest BCUT2D eigenvalue weighted by Gasteiger charge is 2.19. The first-order valence-electron chi connectivity index (χ1n) is 30.1. The van der Waals surface area contributed by atoms with Crippen molar-refractivity contribution in [3.05, 3.63) is 85.1 Å². The molecule has 6 heteroatoms. The second-order valence-corrected chi connectivity index (χ2v) is 19.9. The summed E-state index contributed by atoms with van der Waals surface area (Å²) >= 11 is 0. The minimum absolute atomic E-state index is 0.0905. The number of carbonyl (C=O) groups excluding carboxylic acids is 3. The van der Waals surface area contributed by atoms with E-state index in [0.29, 0.717) is 19.3 Å². The second kappa shape index (κ2) is 59.2. The van der Waals surface area contributed by atoms with Crippen molar-refractivity contribution in [1.29, 1.82) is 0 Å². The molecule has 1 atom stereocenters. The Balaban J connectivity index is 4.45. The van der Waals surface area contributed by atoms with Gasteiger partial charge in [0, 0.05) is 19.3 Å². The van der Waals surface area contributed by atoms with Crippen LogP contribution in [0.4, 0.5) is 0 Å². The van der Waals surface area contributed by atoms with Crippen molar-refractivity contribution >= 4 is 17.9 Å². The molecule has 408 valence electrons. The smallest absolute Gasteiger partial charge is 0.306 e.